The Balaban J connectivity index is 2.12. The van der Waals surface area contributed by atoms with E-state index in [0.717, 1.165) is 12.1 Å². The van der Waals surface area contributed by atoms with Gasteiger partial charge in [0.2, 0.25) is 0 Å². The highest BCUT2D eigenvalue weighted by Gasteiger charge is 2.33. The predicted molar refractivity (Wildman–Crippen MR) is 63.8 cm³/mol. The summed E-state index contributed by atoms with van der Waals surface area (Å²) in [5.74, 6) is -0.919. The SMILES string of the molecule is Oc1ccc(COc2ccc(F)cc2)cc1C(F)(F)F. The Hall–Kier alpha value is -2.24. The molecule has 2 aromatic rings. The van der Waals surface area contributed by atoms with Crippen LogP contribution in [-0.2, 0) is 12.8 Å². The van der Waals surface area contributed by atoms with Gasteiger partial charge in [-0.2, -0.15) is 13.2 Å². The van der Waals surface area contributed by atoms with Gasteiger partial charge in [0.15, 0.2) is 0 Å². The van der Waals surface area contributed by atoms with Gasteiger partial charge in [0.05, 0.1) is 5.56 Å². The molecule has 0 unspecified atom stereocenters. The molecule has 0 fully saturated rings. The summed E-state index contributed by atoms with van der Waals surface area (Å²) in [4.78, 5) is 0. The average Bonchev–Trinajstić information content (AvgIpc) is 2.38. The molecule has 1 N–H and O–H groups in total. The molecule has 2 aromatic carbocycles. The minimum Gasteiger partial charge on any atom is -0.507 e. The van der Waals surface area contributed by atoms with E-state index in [0.29, 0.717) is 5.75 Å². The first-order valence-corrected chi connectivity index (χ1v) is 5.64. The lowest BCUT2D eigenvalue weighted by Gasteiger charge is -2.11. The van der Waals surface area contributed by atoms with Crippen molar-refractivity contribution in [1.29, 1.82) is 0 Å². The van der Waals surface area contributed by atoms with Gasteiger partial charge >= 0.3 is 6.18 Å². The fourth-order valence-corrected chi connectivity index (χ4v) is 1.60. The van der Waals surface area contributed by atoms with Gasteiger partial charge in [-0.15, -0.1) is 0 Å². The van der Waals surface area contributed by atoms with Crippen molar-refractivity contribution in [1.82, 2.24) is 0 Å². The summed E-state index contributed by atoms with van der Waals surface area (Å²) in [5.41, 5.74) is -0.864. The molecule has 0 atom stereocenters. The molecule has 0 heterocycles. The summed E-state index contributed by atoms with van der Waals surface area (Å²) in [6.07, 6.45) is -4.63. The van der Waals surface area contributed by atoms with Crippen LogP contribution < -0.4 is 4.74 Å². The van der Waals surface area contributed by atoms with E-state index in [1.807, 2.05) is 0 Å². The lowest BCUT2D eigenvalue weighted by molar-refractivity contribution is -0.138. The van der Waals surface area contributed by atoms with Gasteiger partial charge < -0.3 is 9.84 Å². The van der Waals surface area contributed by atoms with Gasteiger partial charge in [0.1, 0.15) is 23.9 Å². The third kappa shape index (κ3) is 3.40. The Morgan fingerprint density at radius 3 is 2.25 bits per heavy atom. The second-order valence-electron chi connectivity index (χ2n) is 4.09. The number of aromatic hydroxyl groups is 1. The molecule has 0 spiro atoms. The summed E-state index contributed by atoms with van der Waals surface area (Å²) >= 11 is 0. The fraction of sp³-hybridized carbons (Fsp3) is 0.143. The van der Waals surface area contributed by atoms with E-state index < -0.39 is 23.3 Å². The van der Waals surface area contributed by atoms with E-state index >= 15 is 0 Å². The highest BCUT2D eigenvalue weighted by atomic mass is 19.4. The minimum atomic E-state index is -4.63. The minimum absolute atomic E-state index is 0.116. The number of hydrogen-bond acceptors (Lipinski definition) is 2. The van der Waals surface area contributed by atoms with Crippen LogP contribution >= 0.6 is 0 Å². The quantitative estimate of drug-likeness (QED) is 0.860. The van der Waals surface area contributed by atoms with Crippen LogP contribution in [0.4, 0.5) is 17.6 Å². The van der Waals surface area contributed by atoms with Gasteiger partial charge in [-0.25, -0.2) is 4.39 Å². The third-order valence-electron chi connectivity index (χ3n) is 2.59. The number of rotatable bonds is 3. The molecule has 2 rings (SSSR count). The Labute approximate surface area is 112 Å². The van der Waals surface area contributed by atoms with Gasteiger partial charge in [0, 0.05) is 0 Å². The molecule has 0 radical (unpaired) electrons. The summed E-state index contributed by atoms with van der Waals surface area (Å²) in [5, 5.41) is 9.18. The number of halogens is 4. The molecule has 0 aliphatic heterocycles. The molecule has 0 bridgehead atoms. The normalized spacial score (nSPS) is 11.4. The van der Waals surface area contributed by atoms with Crippen molar-refractivity contribution in [3.8, 4) is 11.5 Å². The molecular weight excluding hydrogens is 276 g/mol. The van der Waals surface area contributed by atoms with Crippen LogP contribution in [0.3, 0.4) is 0 Å². The zero-order valence-corrected chi connectivity index (χ0v) is 10.1. The predicted octanol–water partition coefficient (Wildman–Crippen LogP) is 4.13. The summed E-state index contributed by atoms with van der Waals surface area (Å²) in [6.45, 7) is -0.116. The van der Waals surface area contributed by atoms with Crippen molar-refractivity contribution in [2.45, 2.75) is 12.8 Å². The third-order valence-corrected chi connectivity index (χ3v) is 2.59. The van der Waals surface area contributed by atoms with Crippen molar-refractivity contribution >= 4 is 0 Å². The second kappa shape index (κ2) is 5.40. The van der Waals surface area contributed by atoms with Crippen molar-refractivity contribution in [2.75, 3.05) is 0 Å². The smallest absolute Gasteiger partial charge is 0.419 e. The fourth-order valence-electron chi connectivity index (χ4n) is 1.60. The van der Waals surface area contributed by atoms with Crippen LogP contribution in [0, 0.1) is 5.82 Å². The molecule has 0 saturated carbocycles. The maximum Gasteiger partial charge on any atom is 0.419 e. The topological polar surface area (TPSA) is 29.5 Å². The number of ether oxygens (including phenoxy) is 1. The van der Waals surface area contributed by atoms with E-state index in [4.69, 9.17) is 4.74 Å². The molecule has 106 valence electrons. The molecule has 20 heavy (non-hydrogen) atoms. The zero-order valence-electron chi connectivity index (χ0n) is 10.1. The van der Waals surface area contributed by atoms with Gasteiger partial charge in [-0.1, -0.05) is 6.07 Å². The van der Waals surface area contributed by atoms with Crippen LogP contribution in [-0.4, -0.2) is 5.11 Å². The average molecular weight is 286 g/mol. The van der Waals surface area contributed by atoms with E-state index in [-0.39, 0.29) is 12.2 Å². The van der Waals surface area contributed by atoms with Crippen molar-refractivity contribution < 1.29 is 27.4 Å². The lowest BCUT2D eigenvalue weighted by Crippen LogP contribution is -2.07. The Morgan fingerprint density at radius 2 is 1.65 bits per heavy atom. The molecule has 0 aromatic heterocycles. The van der Waals surface area contributed by atoms with Crippen molar-refractivity contribution in [3.05, 3.63) is 59.4 Å². The summed E-state index contributed by atoms with van der Waals surface area (Å²) < 4.78 is 55.7. The monoisotopic (exact) mass is 286 g/mol. The molecule has 2 nitrogen and oxygen atoms in total. The molecule has 0 saturated heterocycles. The van der Waals surface area contributed by atoms with Gasteiger partial charge in [-0.3, -0.25) is 0 Å². The summed E-state index contributed by atoms with van der Waals surface area (Å²) in [6, 6.07) is 8.24. The Bertz CT molecular complexity index is 591. The molecule has 0 amide bonds. The number of benzene rings is 2. The molecule has 6 heteroatoms. The number of alkyl halides is 3. The zero-order chi connectivity index (χ0) is 14.8. The second-order valence-corrected chi connectivity index (χ2v) is 4.09. The van der Waals surface area contributed by atoms with Crippen molar-refractivity contribution in [2.24, 2.45) is 0 Å². The van der Waals surface area contributed by atoms with E-state index in [9.17, 15) is 22.7 Å². The number of phenols is 1. The van der Waals surface area contributed by atoms with E-state index in [2.05, 4.69) is 0 Å². The first-order chi connectivity index (χ1) is 9.36. The van der Waals surface area contributed by atoms with Crippen LogP contribution in [0.15, 0.2) is 42.5 Å². The maximum atomic E-state index is 12.7. The maximum absolute atomic E-state index is 12.7. The molecule has 0 aliphatic carbocycles. The van der Waals surface area contributed by atoms with Crippen molar-refractivity contribution in [3.63, 3.8) is 0 Å². The first-order valence-electron chi connectivity index (χ1n) is 5.64. The highest BCUT2D eigenvalue weighted by molar-refractivity contribution is 5.38. The number of hydrogen-bond donors (Lipinski definition) is 1. The Morgan fingerprint density at radius 1 is 1.00 bits per heavy atom. The largest absolute Gasteiger partial charge is 0.507 e. The van der Waals surface area contributed by atoms with Crippen LogP contribution in [0.25, 0.3) is 0 Å². The molecular formula is C14H10F4O2. The van der Waals surface area contributed by atoms with E-state index in [1.54, 1.807) is 0 Å². The summed E-state index contributed by atoms with van der Waals surface area (Å²) in [7, 11) is 0. The van der Waals surface area contributed by atoms with Crippen LogP contribution in [0.2, 0.25) is 0 Å². The van der Waals surface area contributed by atoms with E-state index in [1.165, 1.54) is 30.3 Å². The first kappa shape index (κ1) is 14.2. The van der Waals surface area contributed by atoms with Crippen LogP contribution in [0.1, 0.15) is 11.1 Å². The van der Waals surface area contributed by atoms with Gasteiger partial charge in [-0.05, 0) is 42.0 Å². The highest BCUT2D eigenvalue weighted by Crippen LogP contribution is 2.36. The lowest BCUT2D eigenvalue weighted by atomic mass is 10.1. The number of phenolic OH excluding ortho intramolecular Hbond substituents is 1. The van der Waals surface area contributed by atoms with Crippen LogP contribution in [0.5, 0.6) is 11.5 Å². The standard InChI is InChI=1S/C14H10F4O2/c15-10-2-4-11(5-3-10)20-8-9-1-6-13(19)12(7-9)14(16,17)18/h1-7,19H,8H2. The van der Waals surface area contributed by atoms with Gasteiger partial charge in [0.25, 0.3) is 0 Å². The Kier molecular flexibility index (Phi) is 3.83. The molecule has 0 aliphatic rings.